The van der Waals surface area contributed by atoms with E-state index in [-0.39, 0.29) is 11.8 Å². The fourth-order valence-electron chi connectivity index (χ4n) is 2.59. The van der Waals surface area contributed by atoms with Gasteiger partial charge in [-0.15, -0.1) is 0 Å². The van der Waals surface area contributed by atoms with Crippen LogP contribution in [0.1, 0.15) is 38.8 Å². The highest BCUT2D eigenvalue weighted by Gasteiger charge is 2.09. The maximum atomic E-state index is 12.2. The van der Waals surface area contributed by atoms with E-state index in [1.54, 1.807) is 24.3 Å². The zero-order valence-electron chi connectivity index (χ0n) is 15.6. The summed E-state index contributed by atoms with van der Waals surface area (Å²) in [5, 5.41) is 0. The topological polar surface area (TPSA) is 67.4 Å². The van der Waals surface area contributed by atoms with E-state index in [1.165, 1.54) is 0 Å². The molecule has 0 unspecified atom stereocenters. The number of nitrogens with one attached hydrogen (secondary N) is 2. The van der Waals surface area contributed by atoms with E-state index in [4.69, 9.17) is 4.74 Å². The van der Waals surface area contributed by atoms with Crippen molar-refractivity contribution in [3.8, 4) is 5.75 Å². The van der Waals surface area contributed by atoms with Gasteiger partial charge in [0.15, 0.2) is 0 Å². The summed E-state index contributed by atoms with van der Waals surface area (Å²) in [5.74, 6) is 0.0527. The fraction of sp³-hybridized carbons (Fsp3) is 0.130. The second-order valence-corrected chi connectivity index (χ2v) is 6.26. The van der Waals surface area contributed by atoms with Crippen molar-refractivity contribution in [1.29, 1.82) is 0 Å². The Labute approximate surface area is 164 Å². The van der Waals surface area contributed by atoms with Crippen LogP contribution in [-0.4, -0.2) is 11.8 Å². The summed E-state index contributed by atoms with van der Waals surface area (Å²) >= 11 is 0. The summed E-state index contributed by atoms with van der Waals surface area (Å²) in [6.45, 7) is 2.46. The number of benzene rings is 3. The van der Waals surface area contributed by atoms with E-state index in [9.17, 15) is 9.59 Å². The molecule has 0 atom stereocenters. The number of rotatable bonds is 6. The Balaban J connectivity index is 1.50. The van der Waals surface area contributed by atoms with Crippen LogP contribution in [-0.2, 0) is 13.0 Å². The summed E-state index contributed by atoms with van der Waals surface area (Å²) in [6.07, 6.45) is 0.908. The summed E-state index contributed by atoms with van der Waals surface area (Å²) in [6, 6.07) is 23.8. The van der Waals surface area contributed by atoms with Crippen molar-refractivity contribution in [2.75, 3.05) is 0 Å². The molecule has 0 aliphatic heterocycles. The molecular formula is C23H22N2O3. The van der Waals surface area contributed by atoms with Crippen LogP contribution in [0.4, 0.5) is 0 Å². The van der Waals surface area contributed by atoms with Crippen LogP contribution >= 0.6 is 0 Å². The van der Waals surface area contributed by atoms with Crippen molar-refractivity contribution in [3.05, 3.63) is 101 Å². The van der Waals surface area contributed by atoms with E-state index in [1.807, 2.05) is 61.5 Å². The largest absolute Gasteiger partial charge is 0.489 e. The summed E-state index contributed by atoms with van der Waals surface area (Å²) < 4.78 is 5.68. The third-order valence-corrected chi connectivity index (χ3v) is 4.28. The Bertz CT molecular complexity index is 920. The van der Waals surface area contributed by atoms with Gasteiger partial charge >= 0.3 is 0 Å². The number of hydrazine groups is 1. The van der Waals surface area contributed by atoms with Crippen molar-refractivity contribution in [3.63, 3.8) is 0 Å². The smallest absolute Gasteiger partial charge is 0.269 e. The molecule has 0 saturated carbocycles. The van der Waals surface area contributed by atoms with Gasteiger partial charge in [0.2, 0.25) is 0 Å². The van der Waals surface area contributed by atoms with Crippen molar-refractivity contribution in [1.82, 2.24) is 10.9 Å². The molecule has 0 radical (unpaired) electrons. The minimum atomic E-state index is -0.381. The van der Waals surface area contributed by atoms with Gasteiger partial charge in [-0.05, 0) is 53.9 Å². The first-order valence-corrected chi connectivity index (χ1v) is 9.12. The molecule has 0 fully saturated rings. The molecule has 0 saturated heterocycles. The number of carbonyl (C=O) groups is 2. The molecule has 3 aromatic rings. The van der Waals surface area contributed by atoms with E-state index >= 15 is 0 Å². The molecule has 5 nitrogen and oxygen atoms in total. The van der Waals surface area contributed by atoms with E-state index in [2.05, 4.69) is 10.9 Å². The molecule has 0 spiro atoms. The lowest BCUT2D eigenvalue weighted by Gasteiger charge is -2.09. The lowest BCUT2D eigenvalue weighted by molar-refractivity contribution is 0.0846. The second kappa shape index (κ2) is 9.37. The van der Waals surface area contributed by atoms with Crippen LogP contribution in [0, 0.1) is 0 Å². The Morgan fingerprint density at radius 1 is 0.714 bits per heavy atom. The molecule has 3 rings (SSSR count). The van der Waals surface area contributed by atoms with E-state index < -0.39 is 0 Å². The van der Waals surface area contributed by atoms with Gasteiger partial charge in [0.1, 0.15) is 12.4 Å². The standard InChI is InChI=1S/C23H22N2O3/c1-2-17-8-12-19(13-9-17)22(26)24-25-23(27)20-14-10-18(11-15-20)16-28-21-6-4-3-5-7-21/h3-15H,2,16H2,1H3,(H,24,26)(H,25,27). The van der Waals surface area contributed by atoms with Gasteiger partial charge in [-0.2, -0.15) is 0 Å². The number of hydrogen-bond donors (Lipinski definition) is 2. The lowest BCUT2D eigenvalue weighted by Crippen LogP contribution is -2.41. The Morgan fingerprint density at radius 3 is 1.71 bits per heavy atom. The van der Waals surface area contributed by atoms with Crippen LogP contribution in [0.25, 0.3) is 0 Å². The molecule has 3 aromatic carbocycles. The minimum absolute atomic E-state index is 0.358. The minimum Gasteiger partial charge on any atom is -0.489 e. The van der Waals surface area contributed by atoms with Gasteiger partial charge in [-0.25, -0.2) is 0 Å². The zero-order chi connectivity index (χ0) is 19.8. The summed E-state index contributed by atoms with van der Waals surface area (Å²) in [4.78, 5) is 24.3. The molecule has 0 aliphatic rings. The average molecular weight is 374 g/mol. The fourth-order valence-corrected chi connectivity index (χ4v) is 2.59. The third-order valence-electron chi connectivity index (χ3n) is 4.28. The molecule has 0 aliphatic carbocycles. The normalized spacial score (nSPS) is 10.2. The first-order chi connectivity index (χ1) is 13.7. The molecule has 2 N–H and O–H groups in total. The Hall–Kier alpha value is -3.60. The summed E-state index contributed by atoms with van der Waals surface area (Å²) in [7, 11) is 0. The van der Waals surface area contributed by atoms with Crippen LogP contribution in [0.5, 0.6) is 5.75 Å². The third kappa shape index (κ3) is 5.20. The number of amides is 2. The van der Waals surface area contributed by atoms with Gasteiger partial charge in [-0.3, -0.25) is 20.4 Å². The van der Waals surface area contributed by atoms with Crippen LogP contribution in [0.3, 0.4) is 0 Å². The van der Waals surface area contributed by atoms with Gasteiger partial charge in [0, 0.05) is 11.1 Å². The van der Waals surface area contributed by atoms with E-state index in [0.717, 1.165) is 23.3 Å². The van der Waals surface area contributed by atoms with Crippen molar-refractivity contribution in [2.24, 2.45) is 0 Å². The average Bonchev–Trinajstić information content (AvgIpc) is 2.77. The molecule has 0 bridgehead atoms. The number of aryl methyl sites for hydroxylation is 1. The number of carbonyl (C=O) groups excluding carboxylic acids is 2. The highest BCUT2D eigenvalue weighted by molar-refractivity contribution is 5.99. The Kier molecular flexibility index (Phi) is 6.41. The first-order valence-electron chi connectivity index (χ1n) is 9.12. The van der Waals surface area contributed by atoms with Crippen molar-refractivity contribution >= 4 is 11.8 Å². The number of ether oxygens (including phenoxy) is 1. The zero-order valence-corrected chi connectivity index (χ0v) is 15.6. The quantitative estimate of drug-likeness (QED) is 0.643. The van der Waals surface area contributed by atoms with Crippen LogP contribution < -0.4 is 15.6 Å². The molecular weight excluding hydrogens is 352 g/mol. The molecule has 0 heterocycles. The first kappa shape index (κ1) is 19.2. The monoisotopic (exact) mass is 374 g/mol. The van der Waals surface area contributed by atoms with Gasteiger partial charge in [0.25, 0.3) is 11.8 Å². The second-order valence-electron chi connectivity index (χ2n) is 6.26. The maximum absolute atomic E-state index is 12.2. The highest BCUT2D eigenvalue weighted by Crippen LogP contribution is 2.12. The van der Waals surface area contributed by atoms with Gasteiger partial charge < -0.3 is 4.74 Å². The lowest BCUT2D eigenvalue weighted by atomic mass is 10.1. The molecule has 0 aromatic heterocycles. The maximum Gasteiger partial charge on any atom is 0.269 e. The predicted octanol–water partition coefficient (Wildman–Crippen LogP) is 3.90. The molecule has 2 amide bonds. The molecule has 5 heteroatoms. The van der Waals surface area contributed by atoms with Gasteiger partial charge in [-0.1, -0.05) is 49.4 Å². The number of para-hydroxylation sites is 1. The van der Waals surface area contributed by atoms with E-state index in [0.29, 0.717) is 17.7 Å². The van der Waals surface area contributed by atoms with Crippen LogP contribution in [0.2, 0.25) is 0 Å². The van der Waals surface area contributed by atoms with Crippen LogP contribution in [0.15, 0.2) is 78.9 Å². The predicted molar refractivity (Wildman–Crippen MR) is 108 cm³/mol. The van der Waals surface area contributed by atoms with Crippen molar-refractivity contribution < 1.29 is 14.3 Å². The molecule has 28 heavy (non-hydrogen) atoms. The summed E-state index contributed by atoms with van der Waals surface area (Å²) in [5.41, 5.74) is 7.90. The Morgan fingerprint density at radius 2 is 1.21 bits per heavy atom. The van der Waals surface area contributed by atoms with Crippen molar-refractivity contribution in [2.45, 2.75) is 20.0 Å². The van der Waals surface area contributed by atoms with Gasteiger partial charge in [0.05, 0.1) is 0 Å². The molecule has 142 valence electrons. The highest BCUT2D eigenvalue weighted by atomic mass is 16.5. The number of hydrogen-bond acceptors (Lipinski definition) is 3. The SMILES string of the molecule is CCc1ccc(C(=O)NNC(=O)c2ccc(COc3ccccc3)cc2)cc1.